The lowest BCUT2D eigenvalue weighted by atomic mass is 9.99. The van der Waals surface area contributed by atoms with Crippen molar-refractivity contribution in [3.63, 3.8) is 0 Å². The van der Waals surface area contributed by atoms with Crippen LogP contribution in [-0.4, -0.2) is 54.3 Å². The summed E-state index contributed by atoms with van der Waals surface area (Å²) in [5, 5.41) is 22.1. The Morgan fingerprint density at radius 3 is 2.86 bits per heavy atom. The third-order valence-electron chi connectivity index (χ3n) is 6.41. The largest absolute Gasteiger partial charge is 0.485 e. The molecule has 1 unspecified atom stereocenters. The fourth-order valence-corrected chi connectivity index (χ4v) is 3.95. The van der Waals surface area contributed by atoms with E-state index in [9.17, 15) is 5.26 Å². The van der Waals surface area contributed by atoms with Gasteiger partial charge in [0, 0.05) is 48.2 Å². The van der Waals surface area contributed by atoms with Gasteiger partial charge in [-0.2, -0.15) is 10.3 Å². The highest BCUT2D eigenvalue weighted by Gasteiger charge is 2.23. The highest BCUT2D eigenvalue weighted by atomic mass is 16.6. The molecule has 0 spiro atoms. The van der Waals surface area contributed by atoms with Gasteiger partial charge >= 0.3 is 0 Å². The third kappa shape index (κ3) is 6.47. The highest BCUT2D eigenvalue weighted by molar-refractivity contribution is 6.10. The van der Waals surface area contributed by atoms with E-state index in [0.29, 0.717) is 48.3 Å². The van der Waals surface area contributed by atoms with E-state index in [-0.39, 0.29) is 12.0 Å². The number of ether oxygens (including phenoxy) is 2. The third-order valence-corrected chi connectivity index (χ3v) is 6.41. The second kappa shape index (κ2) is 11.8. The molecular weight excluding hydrogens is 454 g/mol. The fourth-order valence-electron chi connectivity index (χ4n) is 3.95. The number of nitrogens with two attached hydrogens (primary N) is 1. The maximum absolute atomic E-state index is 9.29. The summed E-state index contributed by atoms with van der Waals surface area (Å²) < 4.78 is 11.3. The molecule has 0 bridgehead atoms. The van der Waals surface area contributed by atoms with Crippen molar-refractivity contribution < 1.29 is 9.47 Å². The molecule has 2 heterocycles. The first-order chi connectivity index (χ1) is 17.5. The number of allylic oxidation sites excluding steroid dienone is 2. The first-order valence-electron chi connectivity index (χ1n) is 12.2. The number of hydrogen-bond donors (Lipinski definition) is 3. The lowest BCUT2D eigenvalue weighted by Gasteiger charge is -2.29. The van der Waals surface area contributed by atoms with Gasteiger partial charge in [-0.05, 0) is 49.5 Å². The summed E-state index contributed by atoms with van der Waals surface area (Å²) in [5.74, 6) is 8.72. The monoisotopic (exact) mass is 487 g/mol. The summed E-state index contributed by atoms with van der Waals surface area (Å²) in [7, 11) is 0. The molecule has 188 valence electrons. The second-order valence-electron chi connectivity index (χ2n) is 9.38. The number of nitriles is 1. The summed E-state index contributed by atoms with van der Waals surface area (Å²) in [4.78, 5) is 8.49. The maximum Gasteiger partial charge on any atom is 0.206 e. The van der Waals surface area contributed by atoms with E-state index in [1.54, 1.807) is 17.3 Å². The Morgan fingerprint density at radius 1 is 1.42 bits per heavy atom. The molecule has 2 fully saturated rings. The Labute approximate surface area is 212 Å². The van der Waals surface area contributed by atoms with E-state index in [1.807, 2.05) is 37.4 Å². The number of para-hydroxylation sites is 1. The van der Waals surface area contributed by atoms with Crippen LogP contribution in [0.3, 0.4) is 0 Å². The van der Waals surface area contributed by atoms with Crippen LogP contribution in [0.1, 0.15) is 49.3 Å². The Hall–Kier alpha value is -3.74. The number of aromatic nitrogens is 1. The van der Waals surface area contributed by atoms with Gasteiger partial charge in [-0.3, -0.25) is 0 Å². The molecule has 2 aliphatic rings. The molecule has 4 rings (SSSR count). The number of hydrazine groups is 1. The van der Waals surface area contributed by atoms with Gasteiger partial charge in [-0.25, -0.2) is 10.8 Å². The summed E-state index contributed by atoms with van der Waals surface area (Å²) in [6, 6.07) is 9.80. The van der Waals surface area contributed by atoms with Crippen LogP contribution < -0.4 is 15.9 Å². The number of nitrogens with one attached hydrogen (secondary N) is 2. The lowest BCUT2D eigenvalue weighted by Crippen LogP contribution is -2.39. The van der Waals surface area contributed by atoms with E-state index in [0.717, 1.165) is 23.6 Å². The van der Waals surface area contributed by atoms with E-state index in [4.69, 9.17) is 20.7 Å². The smallest absolute Gasteiger partial charge is 0.206 e. The number of aliphatic imine (C=N–C) groups is 1. The Bertz CT molecular complexity index is 1180. The van der Waals surface area contributed by atoms with Crippen molar-refractivity contribution in [3.8, 4) is 11.9 Å². The molecule has 1 aliphatic carbocycles. The van der Waals surface area contributed by atoms with Gasteiger partial charge in [0.25, 0.3) is 0 Å². The van der Waals surface area contributed by atoms with Crippen LogP contribution in [0.5, 0.6) is 5.75 Å². The first kappa shape index (κ1) is 25.4. The van der Waals surface area contributed by atoms with Gasteiger partial charge in [0.1, 0.15) is 17.7 Å². The minimum absolute atomic E-state index is 0.0912. The van der Waals surface area contributed by atoms with Gasteiger partial charge in [0.15, 0.2) is 0 Å². The van der Waals surface area contributed by atoms with Crippen LogP contribution in [0, 0.1) is 22.8 Å². The molecule has 2 aromatic rings. The van der Waals surface area contributed by atoms with Crippen molar-refractivity contribution in [2.75, 3.05) is 31.6 Å². The predicted octanol–water partition coefficient (Wildman–Crippen LogP) is 3.83. The molecule has 1 aromatic carbocycles. The molecule has 1 aromatic heterocycles. The van der Waals surface area contributed by atoms with E-state index < -0.39 is 0 Å². The summed E-state index contributed by atoms with van der Waals surface area (Å²) >= 11 is 0. The molecular formula is C27H33N7O2. The van der Waals surface area contributed by atoms with Gasteiger partial charge in [0.05, 0.1) is 18.9 Å². The fraction of sp³-hybridized carbons (Fsp3) is 0.407. The van der Waals surface area contributed by atoms with Gasteiger partial charge in [-0.15, -0.1) is 0 Å². The zero-order valence-electron chi connectivity index (χ0n) is 20.8. The van der Waals surface area contributed by atoms with Gasteiger partial charge in [0.2, 0.25) is 6.19 Å². The number of rotatable bonds is 12. The Balaban J connectivity index is 1.47. The minimum atomic E-state index is 0.0912. The Morgan fingerprint density at radius 2 is 2.19 bits per heavy atom. The molecule has 1 atom stereocenters. The van der Waals surface area contributed by atoms with Crippen molar-refractivity contribution in [2.45, 2.75) is 38.7 Å². The number of nitrogens with zero attached hydrogens (tertiary/aromatic N) is 4. The second-order valence-corrected chi connectivity index (χ2v) is 9.38. The SMILES string of the molecule is C/C(=C\C(=N/C#N)c1cnc(NCC2CC2)c(C=N)c1)N(N)CC(C)c1ccccc1OC1COC1. The van der Waals surface area contributed by atoms with Crippen molar-refractivity contribution in [3.05, 3.63) is 65.0 Å². The van der Waals surface area contributed by atoms with E-state index >= 15 is 0 Å². The zero-order valence-corrected chi connectivity index (χ0v) is 20.8. The van der Waals surface area contributed by atoms with Crippen molar-refractivity contribution >= 4 is 17.7 Å². The van der Waals surface area contributed by atoms with Crippen LogP contribution >= 0.6 is 0 Å². The van der Waals surface area contributed by atoms with Crippen LogP contribution in [0.25, 0.3) is 0 Å². The topological polar surface area (TPSA) is 133 Å². The van der Waals surface area contributed by atoms with Crippen molar-refractivity contribution in [1.29, 1.82) is 10.7 Å². The molecule has 1 saturated carbocycles. The average Bonchev–Trinajstić information content (AvgIpc) is 3.69. The number of pyridine rings is 1. The van der Waals surface area contributed by atoms with Crippen molar-refractivity contribution in [1.82, 2.24) is 9.99 Å². The zero-order chi connectivity index (χ0) is 25.5. The normalized spacial score (nSPS) is 17.1. The predicted molar refractivity (Wildman–Crippen MR) is 140 cm³/mol. The Kier molecular flexibility index (Phi) is 8.31. The molecule has 1 aliphatic heterocycles. The lowest BCUT2D eigenvalue weighted by molar-refractivity contribution is -0.0801. The van der Waals surface area contributed by atoms with E-state index in [1.165, 1.54) is 19.1 Å². The first-order valence-corrected chi connectivity index (χ1v) is 12.2. The van der Waals surface area contributed by atoms with Crippen molar-refractivity contribution in [2.24, 2.45) is 16.8 Å². The van der Waals surface area contributed by atoms with Gasteiger partial charge < -0.3 is 25.2 Å². The average molecular weight is 488 g/mol. The molecule has 0 radical (unpaired) electrons. The van der Waals surface area contributed by atoms with Crippen LogP contribution in [0.4, 0.5) is 5.82 Å². The summed E-state index contributed by atoms with van der Waals surface area (Å²) in [6.07, 6.45) is 9.13. The molecule has 4 N–H and O–H groups in total. The molecule has 0 amide bonds. The maximum atomic E-state index is 9.29. The van der Waals surface area contributed by atoms with Crippen LogP contribution in [-0.2, 0) is 4.74 Å². The standard InChI is InChI=1S/C27H33N7O2/c1-18(24-5-3-4-6-26(24)36-23-15-35-16-23)14-34(30)19(2)9-25(33-17-29)22-10-21(11-28)27(32-13-22)31-12-20-7-8-20/h3-6,9-11,13,18,20,23,28H,7-8,12,14-16,30H2,1-2H3,(H,31,32)/b19-9+,28-11?,33-25+. The molecule has 36 heavy (non-hydrogen) atoms. The minimum Gasteiger partial charge on any atom is -0.485 e. The number of benzene rings is 1. The van der Waals surface area contributed by atoms with Gasteiger partial charge in [-0.1, -0.05) is 25.1 Å². The van der Waals surface area contributed by atoms with Crippen LogP contribution in [0.2, 0.25) is 0 Å². The molecule has 1 saturated heterocycles. The highest BCUT2D eigenvalue weighted by Crippen LogP contribution is 2.30. The summed E-state index contributed by atoms with van der Waals surface area (Å²) in [5.41, 5.74) is 3.56. The number of hydrogen-bond acceptors (Lipinski definition) is 9. The quantitative estimate of drug-likeness (QED) is 0.179. The molecule has 9 nitrogen and oxygen atoms in total. The molecule has 9 heteroatoms. The van der Waals surface area contributed by atoms with E-state index in [2.05, 4.69) is 28.3 Å². The van der Waals surface area contributed by atoms with Crippen LogP contribution in [0.15, 0.2) is 53.3 Å². The summed E-state index contributed by atoms with van der Waals surface area (Å²) in [6.45, 7) is 6.60. The number of anilines is 1.